The first-order valence-corrected chi connectivity index (χ1v) is 6.93. The van der Waals surface area contributed by atoms with E-state index in [9.17, 15) is 14.9 Å². The molecule has 1 aromatic carbocycles. The fraction of sp³-hybridized carbons (Fsp3) is 0. The molecule has 2 aromatic rings. The van der Waals surface area contributed by atoms with Gasteiger partial charge in [0.1, 0.15) is 4.60 Å². The molecular weight excluding hydrogens is 394 g/mol. The Morgan fingerprint density at radius 2 is 2.00 bits per heavy atom. The number of anilines is 1. The molecule has 0 aliphatic carbocycles. The zero-order chi connectivity index (χ0) is 14.7. The summed E-state index contributed by atoms with van der Waals surface area (Å²) in [4.78, 5) is 26.2. The van der Waals surface area contributed by atoms with Crippen LogP contribution in [0, 0.1) is 10.1 Å². The van der Waals surface area contributed by atoms with Gasteiger partial charge in [-0.05, 0) is 50.1 Å². The summed E-state index contributed by atoms with van der Waals surface area (Å²) < 4.78 is 1.12. The summed E-state index contributed by atoms with van der Waals surface area (Å²) >= 11 is 6.39. The number of amides is 1. The summed E-state index contributed by atoms with van der Waals surface area (Å²) in [5.74, 6) is -0.454. The van der Waals surface area contributed by atoms with Crippen LogP contribution in [0.5, 0.6) is 0 Å². The van der Waals surface area contributed by atoms with Crippen molar-refractivity contribution in [2.75, 3.05) is 5.32 Å². The predicted molar refractivity (Wildman–Crippen MR) is 80.7 cm³/mol. The molecule has 0 aliphatic rings. The molecule has 8 heteroatoms. The normalized spacial score (nSPS) is 10.1. The molecule has 0 bridgehead atoms. The highest BCUT2D eigenvalue weighted by atomic mass is 79.9. The molecule has 102 valence electrons. The van der Waals surface area contributed by atoms with E-state index in [4.69, 9.17) is 0 Å². The van der Waals surface area contributed by atoms with Crippen LogP contribution >= 0.6 is 31.9 Å². The summed E-state index contributed by atoms with van der Waals surface area (Å²) in [6.45, 7) is 0. The van der Waals surface area contributed by atoms with Crippen LogP contribution in [-0.2, 0) is 0 Å². The Balaban J connectivity index is 2.26. The molecule has 0 spiro atoms. The number of nitro benzene ring substituents is 1. The van der Waals surface area contributed by atoms with E-state index in [-0.39, 0.29) is 11.3 Å². The van der Waals surface area contributed by atoms with Gasteiger partial charge < -0.3 is 5.32 Å². The van der Waals surface area contributed by atoms with E-state index >= 15 is 0 Å². The van der Waals surface area contributed by atoms with Crippen molar-refractivity contribution in [2.24, 2.45) is 0 Å². The van der Waals surface area contributed by atoms with Gasteiger partial charge >= 0.3 is 0 Å². The molecule has 0 unspecified atom stereocenters. The molecule has 0 aliphatic heterocycles. The second-order valence-corrected chi connectivity index (χ2v) is 5.41. The average molecular weight is 401 g/mol. The molecule has 6 nitrogen and oxygen atoms in total. The van der Waals surface area contributed by atoms with Crippen LogP contribution in [0.15, 0.2) is 45.6 Å². The summed E-state index contributed by atoms with van der Waals surface area (Å²) in [5, 5.41) is 13.3. The van der Waals surface area contributed by atoms with Crippen molar-refractivity contribution in [1.82, 2.24) is 4.98 Å². The number of hydrogen-bond acceptors (Lipinski definition) is 4. The van der Waals surface area contributed by atoms with Gasteiger partial charge in [-0.3, -0.25) is 14.9 Å². The zero-order valence-electron chi connectivity index (χ0n) is 9.84. The molecule has 0 atom stereocenters. The molecule has 0 fully saturated rings. The number of nitrogens with zero attached hydrogens (tertiary/aromatic N) is 2. The standard InChI is InChI=1S/C12H7Br2N3O3/c13-10-3-2-8(17(19)20)5-9(10)12(18)16-7-1-4-11(14)15-6-7/h1-6H,(H,16,18). The van der Waals surface area contributed by atoms with E-state index in [0.29, 0.717) is 14.8 Å². The van der Waals surface area contributed by atoms with Gasteiger partial charge in [0.2, 0.25) is 0 Å². The fourth-order valence-electron chi connectivity index (χ4n) is 1.45. The molecular formula is C12H7Br2N3O3. The third-order valence-electron chi connectivity index (χ3n) is 2.39. The number of nitrogens with one attached hydrogen (secondary N) is 1. The van der Waals surface area contributed by atoms with Crippen LogP contribution in [0.1, 0.15) is 10.4 Å². The molecule has 1 N–H and O–H groups in total. The molecule has 2 rings (SSSR count). The Hall–Kier alpha value is -1.80. The Bertz CT molecular complexity index is 674. The van der Waals surface area contributed by atoms with E-state index in [1.165, 1.54) is 24.4 Å². The van der Waals surface area contributed by atoms with Crippen molar-refractivity contribution >= 4 is 49.1 Å². The van der Waals surface area contributed by atoms with Crippen molar-refractivity contribution in [3.63, 3.8) is 0 Å². The van der Waals surface area contributed by atoms with Crippen LogP contribution in [0.4, 0.5) is 11.4 Å². The van der Waals surface area contributed by atoms with E-state index in [1.807, 2.05) is 0 Å². The van der Waals surface area contributed by atoms with Crippen LogP contribution in [-0.4, -0.2) is 15.8 Å². The summed E-state index contributed by atoms with van der Waals surface area (Å²) in [5.41, 5.74) is 0.533. The predicted octanol–water partition coefficient (Wildman–Crippen LogP) is 3.77. The number of carbonyl (C=O) groups is 1. The Morgan fingerprint density at radius 3 is 2.60 bits per heavy atom. The van der Waals surface area contributed by atoms with Crippen LogP contribution in [0.3, 0.4) is 0 Å². The second kappa shape index (κ2) is 6.10. The minimum atomic E-state index is -0.551. The first-order valence-electron chi connectivity index (χ1n) is 5.34. The summed E-state index contributed by atoms with van der Waals surface area (Å²) in [6, 6.07) is 7.35. The number of halogens is 2. The maximum atomic E-state index is 12.1. The lowest BCUT2D eigenvalue weighted by atomic mass is 10.2. The topological polar surface area (TPSA) is 85.1 Å². The molecule has 1 amide bonds. The Labute approximate surface area is 130 Å². The molecule has 1 aromatic heterocycles. The largest absolute Gasteiger partial charge is 0.321 e. The average Bonchev–Trinajstić information content (AvgIpc) is 2.41. The van der Waals surface area contributed by atoms with Crippen molar-refractivity contribution in [3.05, 3.63) is 61.3 Å². The molecule has 0 saturated carbocycles. The fourth-order valence-corrected chi connectivity index (χ4v) is 2.11. The first-order chi connectivity index (χ1) is 9.47. The number of aromatic nitrogens is 1. The van der Waals surface area contributed by atoms with Gasteiger partial charge in [-0.1, -0.05) is 0 Å². The minimum Gasteiger partial charge on any atom is -0.321 e. The highest BCUT2D eigenvalue weighted by molar-refractivity contribution is 9.10. The van der Waals surface area contributed by atoms with Gasteiger partial charge in [0, 0.05) is 16.6 Å². The number of nitro groups is 1. The lowest BCUT2D eigenvalue weighted by Gasteiger charge is -2.06. The number of carbonyl (C=O) groups excluding carboxylic acids is 1. The van der Waals surface area contributed by atoms with Crippen LogP contribution in [0.2, 0.25) is 0 Å². The van der Waals surface area contributed by atoms with Gasteiger partial charge in [-0.15, -0.1) is 0 Å². The van der Waals surface area contributed by atoms with Gasteiger partial charge in [0.15, 0.2) is 0 Å². The van der Waals surface area contributed by atoms with Crippen molar-refractivity contribution in [3.8, 4) is 0 Å². The van der Waals surface area contributed by atoms with E-state index in [1.54, 1.807) is 12.1 Å². The highest BCUT2D eigenvalue weighted by Crippen LogP contribution is 2.23. The van der Waals surface area contributed by atoms with E-state index in [2.05, 4.69) is 42.2 Å². The number of hydrogen-bond donors (Lipinski definition) is 1. The number of pyridine rings is 1. The Kier molecular flexibility index (Phi) is 4.46. The minimum absolute atomic E-state index is 0.146. The third kappa shape index (κ3) is 3.40. The maximum Gasteiger partial charge on any atom is 0.270 e. The monoisotopic (exact) mass is 399 g/mol. The Morgan fingerprint density at radius 1 is 1.25 bits per heavy atom. The van der Waals surface area contributed by atoms with Crippen molar-refractivity contribution < 1.29 is 9.72 Å². The first kappa shape index (κ1) is 14.6. The van der Waals surface area contributed by atoms with Crippen molar-refractivity contribution in [2.45, 2.75) is 0 Å². The lowest BCUT2D eigenvalue weighted by Crippen LogP contribution is -2.13. The maximum absolute atomic E-state index is 12.1. The van der Waals surface area contributed by atoms with Gasteiger partial charge in [-0.2, -0.15) is 0 Å². The quantitative estimate of drug-likeness (QED) is 0.482. The van der Waals surface area contributed by atoms with E-state index in [0.717, 1.165) is 0 Å². The van der Waals surface area contributed by atoms with Gasteiger partial charge in [0.25, 0.3) is 11.6 Å². The summed E-state index contributed by atoms with van der Waals surface area (Å²) in [6.07, 6.45) is 1.48. The second-order valence-electron chi connectivity index (χ2n) is 3.74. The molecule has 0 saturated heterocycles. The molecule has 0 radical (unpaired) electrons. The zero-order valence-corrected chi connectivity index (χ0v) is 13.0. The van der Waals surface area contributed by atoms with Gasteiger partial charge in [-0.25, -0.2) is 4.98 Å². The summed E-state index contributed by atoms with van der Waals surface area (Å²) in [7, 11) is 0. The van der Waals surface area contributed by atoms with Crippen molar-refractivity contribution in [1.29, 1.82) is 0 Å². The number of benzene rings is 1. The van der Waals surface area contributed by atoms with Crippen LogP contribution < -0.4 is 5.32 Å². The van der Waals surface area contributed by atoms with Gasteiger partial charge in [0.05, 0.1) is 22.4 Å². The number of rotatable bonds is 3. The molecule has 1 heterocycles. The van der Waals surface area contributed by atoms with E-state index < -0.39 is 10.8 Å². The SMILES string of the molecule is O=C(Nc1ccc(Br)nc1)c1cc([N+](=O)[O-])ccc1Br. The van der Waals surface area contributed by atoms with Crippen LogP contribution in [0.25, 0.3) is 0 Å². The number of non-ortho nitro benzene ring substituents is 1. The smallest absolute Gasteiger partial charge is 0.270 e. The highest BCUT2D eigenvalue weighted by Gasteiger charge is 2.15. The molecule has 20 heavy (non-hydrogen) atoms. The lowest BCUT2D eigenvalue weighted by molar-refractivity contribution is -0.384. The third-order valence-corrected chi connectivity index (χ3v) is 3.55.